The molecule has 2 rings (SSSR count). The van der Waals surface area contributed by atoms with Crippen LogP contribution in [0.5, 0.6) is 5.75 Å². The summed E-state index contributed by atoms with van der Waals surface area (Å²) >= 11 is 0. The molecule has 1 aliphatic heterocycles. The number of hydrogen-bond donors (Lipinski definition) is 2. The standard InChI is InChI=1S/C15H22N2O2/c1-11-13(6-3-7-14(11)18)15(19)17-8-4-5-12(10-17)9-16-2/h3,6-7,12,16,18H,4-5,8-10H2,1-2H3. The maximum atomic E-state index is 12.5. The largest absolute Gasteiger partial charge is 0.508 e. The molecule has 4 heteroatoms. The molecule has 1 fully saturated rings. The topological polar surface area (TPSA) is 52.6 Å². The van der Waals surface area contributed by atoms with E-state index in [1.165, 1.54) is 6.42 Å². The highest BCUT2D eigenvalue weighted by atomic mass is 16.3. The first-order valence-electron chi connectivity index (χ1n) is 6.86. The molecular formula is C15H22N2O2. The molecule has 2 N–H and O–H groups in total. The van der Waals surface area contributed by atoms with Gasteiger partial charge in [-0.1, -0.05) is 6.07 Å². The number of phenols is 1. The van der Waals surface area contributed by atoms with Crippen molar-refractivity contribution in [2.75, 3.05) is 26.7 Å². The molecule has 1 aromatic carbocycles. The zero-order valence-corrected chi connectivity index (χ0v) is 11.6. The van der Waals surface area contributed by atoms with Crippen molar-refractivity contribution in [1.82, 2.24) is 10.2 Å². The van der Waals surface area contributed by atoms with Crippen molar-refractivity contribution in [2.45, 2.75) is 19.8 Å². The SMILES string of the molecule is CNCC1CCCN(C(=O)c2cccc(O)c2C)C1. The summed E-state index contributed by atoms with van der Waals surface area (Å²) in [5.74, 6) is 0.754. The highest BCUT2D eigenvalue weighted by Gasteiger charge is 2.25. The van der Waals surface area contributed by atoms with E-state index in [0.717, 1.165) is 26.1 Å². The van der Waals surface area contributed by atoms with Gasteiger partial charge in [-0.15, -0.1) is 0 Å². The summed E-state index contributed by atoms with van der Waals surface area (Å²) in [4.78, 5) is 14.4. The summed E-state index contributed by atoms with van der Waals surface area (Å²) in [7, 11) is 1.94. The normalized spacial score (nSPS) is 19.5. The summed E-state index contributed by atoms with van der Waals surface area (Å²) in [6.07, 6.45) is 2.22. The fraction of sp³-hybridized carbons (Fsp3) is 0.533. The Morgan fingerprint density at radius 3 is 3.05 bits per heavy atom. The fourth-order valence-electron chi connectivity index (χ4n) is 2.73. The molecule has 1 heterocycles. The number of carbonyl (C=O) groups excluding carboxylic acids is 1. The molecule has 1 aromatic rings. The van der Waals surface area contributed by atoms with Crippen molar-refractivity contribution in [3.05, 3.63) is 29.3 Å². The Balaban J connectivity index is 2.12. The average Bonchev–Trinajstić information content (AvgIpc) is 2.42. The molecule has 0 radical (unpaired) electrons. The molecule has 1 amide bonds. The van der Waals surface area contributed by atoms with Crippen LogP contribution in [-0.4, -0.2) is 42.6 Å². The van der Waals surface area contributed by atoms with Gasteiger partial charge < -0.3 is 15.3 Å². The third kappa shape index (κ3) is 3.07. The predicted octanol–water partition coefficient (Wildman–Crippen LogP) is 1.77. The van der Waals surface area contributed by atoms with Crippen molar-refractivity contribution in [3.8, 4) is 5.75 Å². The molecule has 1 aliphatic rings. The molecule has 0 spiro atoms. The maximum Gasteiger partial charge on any atom is 0.254 e. The van der Waals surface area contributed by atoms with Gasteiger partial charge in [0.1, 0.15) is 5.75 Å². The van der Waals surface area contributed by atoms with Crippen LogP contribution >= 0.6 is 0 Å². The number of benzene rings is 1. The van der Waals surface area contributed by atoms with E-state index in [1.54, 1.807) is 25.1 Å². The molecule has 4 nitrogen and oxygen atoms in total. The van der Waals surface area contributed by atoms with E-state index in [0.29, 0.717) is 17.0 Å². The Labute approximate surface area is 114 Å². The number of hydrogen-bond acceptors (Lipinski definition) is 3. The first-order valence-corrected chi connectivity index (χ1v) is 6.86. The first kappa shape index (κ1) is 13.9. The highest BCUT2D eigenvalue weighted by molar-refractivity contribution is 5.96. The second-order valence-corrected chi connectivity index (χ2v) is 5.27. The number of nitrogens with zero attached hydrogens (tertiary/aromatic N) is 1. The fourth-order valence-corrected chi connectivity index (χ4v) is 2.73. The number of rotatable bonds is 3. The lowest BCUT2D eigenvalue weighted by Gasteiger charge is -2.33. The Bertz CT molecular complexity index is 457. The van der Waals surface area contributed by atoms with Crippen molar-refractivity contribution in [3.63, 3.8) is 0 Å². The van der Waals surface area contributed by atoms with Gasteiger partial charge in [0.25, 0.3) is 5.91 Å². The Hall–Kier alpha value is -1.55. The van der Waals surface area contributed by atoms with Crippen LogP contribution in [0.1, 0.15) is 28.8 Å². The Morgan fingerprint density at radius 2 is 2.32 bits per heavy atom. The monoisotopic (exact) mass is 262 g/mol. The van der Waals surface area contributed by atoms with Gasteiger partial charge in [0, 0.05) is 24.2 Å². The van der Waals surface area contributed by atoms with E-state index in [-0.39, 0.29) is 11.7 Å². The molecule has 19 heavy (non-hydrogen) atoms. The van der Waals surface area contributed by atoms with Crippen LogP contribution in [0, 0.1) is 12.8 Å². The molecule has 1 unspecified atom stereocenters. The van der Waals surface area contributed by atoms with Crippen molar-refractivity contribution in [1.29, 1.82) is 0 Å². The van der Waals surface area contributed by atoms with Crippen molar-refractivity contribution in [2.24, 2.45) is 5.92 Å². The lowest BCUT2D eigenvalue weighted by atomic mass is 9.96. The molecule has 1 atom stereocenters. The number of carbonyl (C=O) groups is 1. The minimum Gasteiger partial charge on any atom is -0.508 e. The van der Waals surface area contributed by atoms with E-state index in [2.05, 4.69) is 5.32 Å². The predicted molar refractivity (Wildman–Crippen MR) is 75.4 cm³/mol. The van der Waals surface area contributed by atoms with Crippen LogP contribution in [0.3, 0.4) is 0 Å². The summed E-state index contributed by atoms with van der Waals surface area (Å²) in [5.41, 5.74) is 1.29. The smallest absolute Gasteiger partial charge is 0.254 e. The van der Waals surface area contributed by atoms with Gasteiger partial charge in [0.15, 0.2) is 0 Å². The molecule has 104 valence electrons. The maximum absolute atomic E-state index is 12.5. The lowest BCUT2D eigenvalue weighted by molar-refractivity contribution is 0.0673. The number of nitrogens with one attached hydrogen (secondary N) is 1. The van der Waals surface area contributed by atoms with Gasteiger partial charge in [-0.25, -0.2) is 0 Å². The van der Waals surface area contributed by atoms with Crippen LogP contribution in [0.2, 0.25) is 0 Å². The number of likely N-dealkylation sites (tertiary alicyclic amines) is 1. The zero-order valence-electron chi connectivity index (χ0n) is 11.6. The molecular weight excluding hydrogens is 240 g/mol. The number of piperidine rings is 1. The summed E-state index contributed by atoms with van der Waals surface area (Å²) in [5, 5.41) is 12.9. The van der Waals surface area contributed by atoms with Gasteiger partial charge in [0.05, 0.1) is 0 Å². The number of aromatic hydroxyl groups is 1. The van der Waals surface area contributed by atoms with E-state index in [4.69, 9.17) is 0 Å². The third-order valence-corrected chi connectivity index (χ3v) is 3.83. The highest BCUT2D eigenvalue weighted by Crippen LogP contribution is 2.23. The minimum atomic E-state index is 0.0363. The minimum absolute atomic E-state index is 0.0363. The van der Waals surface area contributed by atoms with Gasteiger partial charge in [-0.3, -0.25) is 4.79 Å². The van der Waals surface area contributed by atoms with Gasteiger partial charge in [0.2, 0.25) is 0 Å². The van der Waals surface area contributed by atoms with E-state index < -0.39 is 0 Å². The Morgan fingerprint density at radius 1 is 1.53 bits per heavy atom. The molecule has 0 aliphatic carbocycles. The molecule has 0 bridgehead atoms. The number of phenolic OH excluding ortho intramolecular Hbond substituents is 1. The second-order valence-electron chi connectivity index (χ2n) is 5.27. The van der Waals surface area contributed by atoms with Gasteiger partial charge in [-0.05, 0) is 51.4 Å². The summed E-state index contributed by atoms with van der Waals surface area (Å²) in [6, 6.07) is 5.13. The molecule has 1 saturated heterocycles. The first-order chi connectivity index (χ1) is 9.13. The van der Waals surface area contributed by atoms with Crippen LogP contribution in [0.15, 0.2) is 18.2 Å². The van der Waals surface area contributed by atoms with Crippen LogP contribution < -0.4 is 5.32 Å². The van der Waals surface area contributed by atoms with E-state index in [9.17, 15) is 9.90 Å². The Kier molecular flexibility index (Phi) is 4.43. The average molecular weight is 262 g/mol. The van der Waals surface area contributed by atoms with Crippen molar-refractivity contribution < 1.29 is 9.90 Å². The van der Waals surface area contributed by atoms with Crippen molar-refractivity contribution >= 4 is 5.91 Å². The van der Waals surface area contributed by atoms with E-state index >= 15 is 0 Å². The quantitative estimate of drug-likeness (QED) is 0.873. The van der Waals surface area contributed by atoms with E-state index in [1.807, 2.05) is 11.9 Å². The zero-order chi connectivity index (χ0) is 13.8. The number of amides is 1. The third-order valence-electron chi connectivity index (χ3n) is 3.83. The second kappa shape index (κ2) is 6.06. The summed E-state index contributed by atoms with van der Waals surface area (Å²) < 4.78 is 0. The van der Waals surface area contributed by atoms with Crippen LogP contribution in [0.4, 0.5) is 0 Å². The lowest BCUT2D eigenvalue weighted by Crippen LogP contribution is -2.42. The van der Waals surface area contributed by atoms with Crippen LogP contribution in [-0.2, 0) is 0 Å². The molecule has 0 saturated carbocycles. The van der Waals surface area contributed by atoms with Gasteiger partial charge >= 0.3 is 0 Å². The van der Waals surface area contributed by atoms with Gasteiger partial charge in [-0.2, -0.15) is 0 Å². The summed E-state index contributed by atoms with van der Waals surface area (Å²) in [6.45, 7) is 4.35. The molecule has 0 aromatic heterocycles. The van der Waals surface area contributed by atoms with Crippen LogP contribution in [0.25, 0.3) is 0 Å².